The summed E-state index contributed by atoms with van der Waals surface area (Å²) in [5, 5.41) is 3.77. The second kappa shape index (κ2) is 29.1. The third-order valence-electron chi connectivity index (χ3n) is 19.5. The molecular weight excluding hydrogens is 1350 g/mol. The number of nitrogens with zero attached hydrogens (tertiary/aromatic N) is 10. The molecule has 6 aromatic heterocycles. The van der Waals surface area contributed by atoms with Crippen molar-refractivity contribution in [1.82, 2.24) is 49.8 Å². The van der Waals surface area contributed by atoms with Crippen LogP contribution in [0.1, 0.15) is 0 Å². The molecule has 6 heterocycles. The second-order valence-corrected chi connectivity index (χ2v) is 26.5. The van der Waals surface area contributed by atoms with Crippen molar-refractivity contribution in [2.24, 2.45) is 0 Å². The van der Waals surface area contributed by atoms with Crippen molar-refractivity contribution < 1.29 is 8.83 Å². The Labute approximate surface area is 633 Å². The Morgan fingerprint density at radius 3 is 0.809 bits per heavy atom. The van der Waals surface area contributed by atoms with Crippen LogP contribution in [0, 0.1) is 0 Å². The quantitative estimate of drug-likeness (QED) is 0.102. The lowest BCUT2D eigenvalue weighted by molar-refractivity contribution is 0.669. The van der Waals surface area contributed by atoms with E-state index in [4.69, 9.17) is 58.7 Å². The Morgan fingerprint density at radius 2 is 0.409 bits per heavy atom. The van der Waals surface area contributed by atoms with Gasteiger partial charge in [-0.15, -0.1) is 0 Å². The first-order valence-corrected chi connectivity index (χ1v) is 36.3. The zero-order chi connectivity index (χ0) is 73.1. The van der Waals surface area contributed by atoms with E-state index in [0.29, 0.717) is 52.2 Å². The Morgan fingerprint density at radius 1 is 0.155 bits per heavy atom. The lowest BCUT2D eigenvalue weighted by Crippen LogP contribution is -2.00. The number of fused-ring (bicyclic) bond motifs is 6. The van der Waals surface area contributed by atoms with Crippen LogP contribution in [0.4, 0.5) is 0 Å². The van der Waals surface area contributed by atoms with Crippen molar-refractivity contribution in [3.63, 3.8) is 0 Å². The van der Waals surface area contributed by atoms with Crippen LogP contribution in [0.15, 0.2) is 385 Å². The lowest BCUT2D eigenvalue weighted by Gasteiger charge is -2.11. The normalized spacial score (nSPS) is 11.3. The molecule has 0 unspecified atom stereocenters. The fourth-order valence-corrected chi connectivity index (χ4v) is 14.2. The van der Waals surface area contributed by atoms with Crippen LogP contribution < -0.4 is 0 Å². The highest BCUT2D eigenvalue weighted by molar-refractivity contribution is 6.16. The van der Waals surface area contributed by atoms with Crippen LogP contribution in [-0.2, 0) is 0 Å². The maximum atomic E-state index is 6.73. The molecule has 12 heteroatoms. The highest BCUT2D eigenvalue weighted by Gasteiger charge is 2.24. The smallest absolute Gasteiger partial charge is 0.164 e. The van der Waals surface area contributed by atoms with E-state index >= 15 is 0 Å². The Kier molecular flexibility index (Phi) is 17.3. The zero-order valence-corrected chi connectivity index (χ0v) is 59.1. The molecule has 20 rings (SSSR count). The molecule has 0 atom stereocenters. The summed E-state index contributed by atoms with van der Waals surface area (Å²) >= 11 is 0. The number of hydrogen-bond donors (Lipinski definition) is 0. The van der Waals surface area contributed by atoms with Gasteiger partial charge in [0.15, 0.2) is 46.6 Å². The molecule has 0 saturated heterocycles. The summed E-state index contributed by atoms with van der Waals surface area (Å²) in [6.45, 7) is 0. The van der Waals surface area contributed by atoms with E-state index in [2.05, 4.69) is 152 Å². The first-order chi connectivity index (χ1) is 54.5. The van der Waals surface area contributed by atoms with E-state index < -0.39 is 0 Å². The lowest BCUT2D eigenvalue weighted by atomic mass is 9.98. The molecule has 110 heavy (non-hydrogen) atoms. The molecule has 0 bridgehead atoms. The van der Waals surface area contributed by atoms with Gasteiger partial charge in [-0.05, 0) is 53.1 Å². The first kappa shape index (κ1) is 65.6. The topological polar surface area (TPSA) is 155 Å². The van der Waals surface area contributed by atoms with Gasteiger partial charge in [-0.2, -0.15) is 0 Å². The Balaban J connectivity index is 0.000000149. The van der Waals surface area contributed by atoms with Crippen molar-refractivity contribution in [2.45, 2.75) is 0 Å². The average Bonchev–Trinajstić information content (AvgIpc) is 1.57. The van der Waals surface area contributed by atoms with Crippen molar-refractivity contribution in [1.29, 1.82) is 0 Å². The van der Waals surface area contributed by atoms with Crippen molar-refractivity contribution in [2.75, 3.05) is 0 Å². The van der Waals surface area contributed by atoms with E-state index in [1.165, 1.54) is 0 Å². The van der Waals surface area contributed by atoms with E-state index in [9.17, 15) is 0 Å². The van der Waals surface area contributed by atoms with Crippen LogP contribution in [0.3, 0.4) is 0 Å². The van der Waals surface area contributed by atoms with E-state index in [1.54, 1.807) is 0 Å². The van der Waals surface area contributed by atoms with Gasteiger partial charge in [-0.25, -0.2) is 49.8 Å². The first-order valence-electron chi connectivity index (χ1n) is 36.3. The van der Waals surface area contributed by atoms with Gasteiger partial charge in [0.05, 0.1) is 28.3 Å². The van der Waals surface area contributed by atoms with Gasteiger partial charge in [-0.3, -0.25) is 0 Å². The summed E-state index contributed by atoms with van der Waals surface area (Å²) in [6, 6.07) is 127. The third-order valence-corrected chi connectivity index (χ3v) is 19.5. The van der Waals surface area contributed by atoms with Crippen LogP contribution in [-0.4, -0.2) is 49.8 Å². The van der Waals surface area contributed by atoms with E-state index in [1.807, 2.05) is 224 Å². The molecule has 0 amide bonds. The minimum atomic E-state index is 0.559. The standard InChI is InChI=1S/2C49H31N5O/c1-5-16-32(17-6-1)41-31-42(33-18-7-2-8-19-33)51-48(50-41)37-25-13-24-36(30-37)38-26-14-27-39-44-40(28-15-29-43(44)55-45(38)39)49-53-46(34-20-9-3-10-21-34)52-47(54-49)35-22-11-4-12-23-35;1-5-15-32(16-6-1)33-27-29-37(30-28-33)47-52-46(36-21-11-4-12-22-36)53-48(54-47)39-24-14-26-43-44(39)38-23-13-25-40(45(38)55-43)49-50-41(34-17-7-2-8-18-34)31-42(51-49)35-19-9-3-10-20-35/h2*1-31H. The number of furan rings is 2. The van der Waals surface area contributed by atoms with Gasteiger partial charge < -0.3 is 8.83 Å². The number of benzene rings is 14. The molecule has 14 aromatic carbocycles. The predicted octanol–water partition coefficient (Wildman–Crippen LogP) is 24.5. The van der Waals surface area contributed by atoms with Crippen LogP contribution in [0.25, 0.3) is 202 Å². The summed E-state index contributed by atoms with van der Waals surface area (Å²) in [5.74, 6) is 4.79. The maximum Gasteiger partial charge on any atom is 0.164 e. The molecule has 0 saturated carbocycles. The number of aromatic nitrogens is 10. The minimum absolute atomic E-state index is 0.559. The fraction of sp³-hybridized carbons (Fsp3) is 0. The SMILES string of the molecule is c1ccc(-c2cc(-c3ccccc3)nc(-c3cccc(-c4cccc5c4oc4cccc(-c6nc(-c7ccccc7)nc(-c7ccccc7)n6)c45)c3)n2)cc1.c1ccc(-c2ccc(-c3nc(-c4ccccc4)nc(-c4cccc5oc6c(-c7nc(-c8ccccc8)cc(-c8ccccc8)n7)cccc6c45)n3)cc2)cc1. The van der Waals surface area contributed by atoms with Crippen molar-refractivity contribution in [3.8, 4) is 158 Å². The van der Waals surface area contributed by atoms with Gasteiger partial charge >= 0.3 is 0 Å². The van der Waals surface area contributed by atoms with Gasteiger partial charge in [0.1, 0.15) is 22.3 Å². The second-order valence-electron chi connectivity index (χ2n) is 26.5. The van der Waals surface area contributed by atoms with Crippen LogP contribution in [0.5, 0.6) is 0 Å². The summed E-state index contributed by atoms with van der Waals surface area (Å²) < 4.78 is 13.5. The molecule has 516 valence electrons. The number of hydrogen-bond acceptors (Lipinski definition) is 12. The van der Waals surface area contributed by atoms with Crippen LogP contribution in [0.2, 0.25) is 0 Å². The van der Waals surface area contributed by atoms with E-state index in [-0.39, 0.29) is 0 Å². The largest absolute Gasteiger partial charge is 0.455 e. The molecule has 12 nitrogen and oxygen atoms in total. The van der Waals surface area contributed by atoms with E-state index in [0.717, 1.165) is 150 Å². The highest BCUT2D eigenvalue weighted by atomic mass is 16.3. The monoisotopic (exact) mass is 1410 g/mol. The molecule has 0 spiro atoms. The number of rotatable bonds is 14. The molecule has 0 radical (unpaired) electrons. The third kappa shape index (κ3) is 13.1. The molecule has 0 aliphatic carbocycles. The zero-order valence-electron chi connectivity index (χ0n) is 59.1. The molecule has 20 aromatic rings. The predicted molar refractivity (Wildman–Crippen MR) is 441 cm³/mol. The molecule has 0 N–H and O–H groups in total. The highest BCUT2D eigenvalue weighted by Crippen LogP contribution is 2.44. The minimum Gasteiger partial charge on any atom is -0.455 e. The van der Waals surface area contributed by atoms with Crippen molar-refractivity contribution >= 4 is 43.9 Å². The Bertz CT molecular complexity index is 6560. The summed E-state index contributed by atoms with van der Waals surface area (Å²) in [7, 11) is 0. The summed E-state index contributed by atoms with van der Waals surface area (Å²) in [5.41, 5.74) is 21.8. The molecule has 0 fully saturated rings. The average molecular weight is 1410 g/mol. The van der Waals surface area contributed by atoms with Crippen molar-refractivity contribution in [3.05, 3.63) is 376 Å². The summed E-state index contributed by atoms with van der Waals surface area (Å²) in [4.78, 5) is 50.6. The molecular formula is C98H62N10O2. The van der Waals surface area contributed by atoms with Crippen LogP contribution >= 0.6 is 0 Å². The van der Waals surface area contributed by atoms with Gasteiger partial charge in [0.25, 0.3) is 0 Å². The fourth-order valence-electron chi connectivity index (χ4n) is 14.2. The van der Waals surface area contributed by atoms with Gasteiger partial charge in [0.2, 0.25) is 0 Å². The molecule has 0 aliphatic rings. The maximum absolute atomic E-state index is 6.73. The summed E-state index contributed by atoms with van der Waals surface area (Å²) in [6.07, 6.45) is 0. The molecule has 0 aliphatic heterocycles. The Hall–Kier alpha value is -15.1. The van der Waals surface area contributed by atoms with Gasteiger partial charge in [-0.1, -0.05) is 340 Å². The van der Waals surface area contributed by atoms with Gasteiger partial charge in [0, 0.05) is 88.3 Å². The number of para-hydroxylation sites is 2.